The van der Waals surface area contributed by atoms with Crippen LogP contribution in [0.15, 0.2) is 0 Å². The zero-order valence-corrected chi connectivity index (χ0v) is 12.1. The Bertz CT molecular complexity index is 313. The molecule has 1 fully saturated rings. The van der Waals surface area contributed by atoms with Gasteiger partial charge in [0.2, 0.25) is 10.0 Å². The molecule has 1 N–H and O–H groups in total. The Morgan fingerprint density at radius 1 is 1.41 bits per heavy atom. The van der Waals surface area contributed by atoms with Crippen LogP contribution in [0, 0.1) is 0 Å². The first-order chi connectivity index (χ1) is 7.97. The Balaban J connectivity index is 2.63. The zero-order chi connectivity index (χ0) is 12.9. The largest absolute Gasteiger partial charge is 0.377 e. The Kier molecular flexibility index (Phi) is 5.70. The second kappa shape index (κ2) is 6.36. The fraction of sp³-hybridized carbons (Fsp3) is 1.00. The highest BCUT2D eigenvalue weighted by molar-refractivity contribution is 7.89. The van der Waals surface area contributed by atoms with E-state index >= 15 is 0 Å². The van der Waals surface area contributed by atoms with Crippen LogP contribution in [-0.2, 0) is 14.8 Å². The van der Waals surface area contributed by atoms with Gasteiger partial charge in [-0.15, -0.1) is 11.6 Å². The summed E-state index contributed by atoms with van der Waals surface area (Å²) in [5.74, 6) is 0.344. The molecule has 1 atom stereocenters. The number of rotatable bonds is 7. The van der Waals surface area contributed by atoms with Crippen molar-refractivity contribution in [2.45, 2.75) is 51.2 Å². The van der Waals surface area contributed by atoms with Crippen molar-refractivity contribution in [1.29, 1.82) is 0 Å². The standard InChI is InChI=1S/C11H22ClNO3S/c1-3-11(4-2,9-12)13-17(14,15)8-10-6-5-7-16-10/h10,13H,3-9H2,1-2H3. The monoisotopic (exact) mass is 283 g/mol. The summed E-state index contributed by atoms with van der Waals surface area (Å²) in [6.07, 6.45) is 3.00. The third kappa shape index (κ3) is 4.39. The number of hydrogen-bond acceptors (Lipinski definition) is 3. The fourth-order valence-corrected chi connectivity index (χ4v) is 4.38. The molecule has 0 aromatic heterocycles. The number of halogens is 1. The number of ether oxygens (including phenoxy) is 1. The Hall–Kier alpha value is 0.160. The third-order valence-electron chi connectivity index (χ3n) is 3.41. The van der Waals surface area contributed by atoms with Gasteiger partial charge in [0, 0.05) is 18.0 Å². The Morgan fingerprint density at radius 3 is 2.47 bits per heavy atom. The molecule has 1 heterocycles. The molecule has 4 nitrogen and oxygen atoms in total. The third-order valence-corrected chi connectivity index (χ3v) is 5.48. The van der Waals surface area contributed by atoms with Gasteiger partial charge in [-0.2, -0.15) is 0 Å². The van der Waals surface area contributed by atoms with Crippen LogP contribution in [0.3, 0.4) is 0 Å². The molecule has 0 aromatic carbocycles. The smallest absolute Gasteiger partial charge is 0.214 e. The first-order valence-corrected chi connectivity index (χ1v) is 8.35. The number of sulfonamides is 1. The molecule has 0 saturated carbocycles. The van der Waals surface area contributed by atoms with E-state index in [9.17, 15) is 8.42 Å². The minimum Gasteiger partial charge on any atom is -0.377 e. The highest BCUT2D eigenvalue weighted by Gasteiger charge is 2.32. The lowest BCUT2D eigenvalue weighted by atomic mass is 9.97. The van der Waals surface area contributed by atoms with Crippen molar-refractivity contribution in [2.75, 3.05) is 18.2 Å². The molecule has 1 rings (SSSR count). The van der Waals surface area contributed by atoms with E-state index in [1.54, 1.807) is 0 Å². The van der Waals surface area contributed by atoms with Crippen LogP contribution in [0.25, 0.3) is 0 Å². The van der Waals surface area contributed by atoms with E-state index in [0.29, 0.717) is 25.3 Å². The molecule has 102 valence electrons. The predicted octanol–water partition coefficient (Wildman–Crippen LogP) is 1.88. The second-order valence-corrected chi connectivity index (χ2v) is 6.67. The summed E-state index contributed by atoms with van der Waals surface area (Å²) >= 11 is 5.89. The summed E-state index contributed by atoms with van der Waals surface area (Å²) in [7, 11) is -3.32. The number of hydrogen-bond donors (Lipinski definition) is 1. The summed E-state index contributed by atoms with van der Waals surface area (Å²) in [4.78, 5) is 0. The first kappa shape index (κ1) is 15.2. The van der Waals surface area contributed by atoms with Gasteiger partial charge in [-0.1, -0.05) is 13.8 Å². The van der Waals surface area contributed by atoms with Crippen LogP contribution in [0.1, 0.15) is 39.5 Å². The fourth-order valence-electron chi connectivity index (χ4n) is 2.00. The normalized spacial score (nSPS) is 21.9. The van der Waals surface area contributed by atoms with Crippen LogP contribution in [0.5, 0.6) is 0 Å². The molecule has 0 aliphatic carbocycles. The quantitative estimate of drug-likeness (QED) is 0.726. The van der Waals surface area contributed by atoms with Gasteiger partial charge in [0.05, 0.1) is 11.9 Å². The highest BCUT2D eigenvalue weighted by atomic mass is 35.5. The molecule has 17 heavy (non-hydrogen) atoms. The summed E-state index contributed by atoms with van der Waals surface area (Å²) in [6.45, 7) is 4.56. The van der Waals surface area contributed by atoms with Crippen molar-refractivity contribution >= 4 is 21.6 Å². The molecule has 1 aliphatic rings. The van der Waals surface area contributed by atoms with E-state index in [-0.39, 0.29) is 11.9 Å². The first-order valence-electron chi connectivity index (χ1n) is 6.16. The van der Waals surface area contributed by atoms with E-state index in [2.05, 4.69) is 4.72 Å². The highest BCUT2D eigenvalue weighted by Crippen LogP contribution is 2.20. The lowest BCUT2D eigenvalue weighted by Crippen LogP contribution is -2.50. The molecule has 6 heteroatoms. The minimum atomic E-state index is -3.32. The van der Waals surface area contributed by atoms with Crippen molar-refractivity contribution in [3.05, 3.63) is 0 Å². The summed E-state index contributed by atoms with van der Waals surface area (Å²) in [5.41, 5.74) is -0.515. The maximum atomic E-state index is 12.0. The lowest BCUT2D eigenvalue weighted by Gasteiger charge is -2.30. The molecule has 1 aliphatic heterocycles. The number of nitrogens with one attached hydrogen (secondary N) is 1. The Labute approximate surface area is 109 Å². The van der Waals surface area contributed by atoms with Crippen molar-refractivity contribution in [2.24, 2.45) is 0 Å². The van der Waals surface area contributed by atoms with E-state index in [4.69, 9.17) is 16.3 Å². The SMILES string of the molecule is CCC(CC)(CCl)NS(=O)(=O)CC1CCCO1. The van der Waals surface area contributed by atoms with E-state index in [1.165, 1.54) is 0 Å². The molecular weight excluding hydrogens is 262 g/mol. The van der Waals surface area contributed by atoms with Gasteiger partial charge >= 0.3 is 0 Å². The molecule has 0 bridgehead atoms. The lowest BCUT2D eigenvalue weighted by molar-refractivity contribution is 0.127. The minimum absolute atomic E-state index is 0.0473. The van der Waals surface area contributed by atoms with Crippen LogP contribution in [-0.4, -0.2) is 38.3 Å². The number of alkyl halides is 1. The van der Waals surface area contributed by atoms with Crippen LogP contribution >= 0.6 is 11.6 Å². The van der Waals surface area contributed by atoms with Gasteiger partial charge < -0.3 is 4.74 Å². The molecule has 0 amide bonds. The van der Waals surface area contributed by atoms with E-state index in [1.807, 2.05) is 13.8 Å². The van der Waals surface area contributed by atoms with Crippen molar-refractivity contribution in [3.8, 4) is 0 Å². The predicted molar refractivity (Wildman–Crippen MR) is 69.9 cm³/mol. The average molecular weight is 284 g/mol. The second-order valence-electron chi connectivity index (χ2n) is 4.64. The Morgan fingerprint density at radius 2 is 2.06 bits per heavy atom. The molecule has 0 aromatic rings. The van der Waals surface area contributed by atoms with Crippen molar-refractivity contribution < 1.29 is 13.2 Å². The van der Waals surface area contributed by atoms with Crippen molar-refractivity contribution in [1.82, 2.24) is 4.72 Å². The zero-order valence-electron chi connectivity index (χ0n) is 10.5. The molecule has 1 saturated heterocycles. The van der Waals surface area contributed by atoms with Gasteiger partial charge in [0.1, 0.15) is 0 Å². The van der Waals surface area contributed by atoms with Gasteiger partial charge in [-0.05, 0) is 25.7 Å². The van der Waals surface area contributed by atoms with Gasteiger partial charge in [0.25, 0.3) is 0 Å². The topological polar surface area (TPSA) is 55.4 Å². The molecule has 1 unspecified atom stereocenters. The van der Waals surface area contributed by atoms with Crippen LogP contribution in [0.4, 0.5) is 0 Å². The average Bonchev–Trinajstić information content (AvgIpc) is 2.78. The van der Waals surface area contributed by atoms with Gasteiger partial charge in [-0.3, -0.25) is 0 Å². The molecule has 0 radical (unpaired) electrons. The molecule has 0 spiro atoms. The van der Waals surface area contributed by atoms with Crippen molar-refractivity contribution in [3.63, 3.8) is 0 Å². The van der Waals surface area contributed by atoms with Gasteiger partial charge in [0.15, 0.2) is 0 Å². The van der Waals surface area contributed by atoms with E-state index < -0.39 is 15.6 Å². The van der Waals surface area contributed by atoms with E-state index in [0.717, 1.165) is 12.8 Å². The summed E-state index contributed by atoms with van der Waals surface area (Å²) in [6, 6.07) is 0. The van der Waals surface area contributed by atoms with Gasteiger partial charge in [-0.25, -0.2) is 13.1 Å². The molecular formula is C11H22ClNO3S. The van der Waals surface area contributed by atoms with Crippen LogP contribution in [0.2, 0.25) is 0 Å². The van der Waals surface area contributed by atoms with Crippen LogP contribution < -0.4 is 4.72 Å². The maximum absolute atomic E-state index is 12.0. The summed E-state index contributed by atoms with van der Waals surface area (Å²) in [5, 5.41) is 0. The maximum Gasteiger partial charge on any atom is 0.214 e. The summed E-state index contributed by atoms with van der Waals surface area (Å²) < 4.78 is 32.2.